The van der Waals surface area contributed by atoms with E-state index < -0.39 is 59.8 Å². The molecule has 46 heavy (non-hydrogen) atoms. The number of carbonyl (C=O) groups is 4. The zero-order valence-electron chi connectivity index (χ0n) is 28.3. The van der Waals surface area contributed by atoms with Crippen molar-refractivity contribution in [1.29, 1.82) is 0 Å². The Labute approximate surface area is 273 Å². The zero-order chi connectivity index (χ0) is 34.7. The summed E-state index contributed by atoms with van der Waals surface area (Å²) in [6.07, 6.45) is 5.42. The first-order valence-electron chi connectivity index (χ1n) is 15.5. The molecular formula is C36H49N3O7. The van der Waals surface area contributed by atoms with Gasteiger partial charge in [0.1, 0.15) is 29.3 Å². The van der Waals surface area contributed by atoms with E-state index in [2.05, 4.69) is 16.6 Å². The van der Waals surface area contributed by atoms with Crippen LogP contribution in [0.5, 0.6) is 0 Å². The third-order valence-electron chi connectivity index (χ3n) is 7.02. The van der Waals surface area contributed by atoms with Gasteiger partial charge in [0, 0.05) is 18.5 Å². The summed E-state index contributed by atoms with van der Waals surface area (Å²) < 4.78 is 11.1. The van der Waals surface area contributed by atoms with Gasteiger partial charge in [-0.1, -0.05) is 68.7 Å². The highest BCUT2D eigenvalue weighted by Crippen LogP contribution is 2.26. The van der Waals surface area contributed by atoms with Crippen molar-refractivity contribution in [2.24, 2.45) is 5.92 Å². The molecule has 0 aromatic heterocycles. The number of hydrogen-bond donors (Lipinski definition) is 3. The number of terminal acetylenes is 1. The minimum atomic E-state index is -1.31. The topological polar surface area (TPSA) is 134 Å². The van der Waals surface area contributed by atoms with Crippen LogP contribution in [-0.2, 0) is 30.3 Å². The van der Waals surface area contributed by atoms with E-state index in [4.69, 9.17) is 15.9 Å². The number of hydrogen-bond acceptors (Lipinski definition) is 7. The quantitative estimate of drug-likeness (QED) is 0.217. The second kappa shape index (κ2) is 16.8. The first-order chi connectivity index (χ1) is 21.5. The zero-order valence-corrected chi connectivity index (χ0v) is 28.3. The van der Waals surface area contributed by atoms with Crippen LogP contribution in [0.2, 0.25) is 0 Å². The number of alkyl carbamates (subject to hydrolysis) is 1. The summed E-state index contributed by atoms with van der Waals surface area (Å²) in [5.41, 5.74) is 0.102. The Morgan fingerprint density at radius 3 is 2.00 bits per heavy atom. The molecule has 2 rings (SSSR count). The van der Waals surface area contributed by atoms with Gasteiger partial charge in [-0.25, -0.2) is 9.59 Å². The van der Waals surface area contributed by atoms with E-state index in [9.17, 15) is 24.3 Å². The fourth-order valence-electron chi connectivity index (χ4n) is 4.67. The third-order valence-corrected chi connectivity index (χ3v) is 7.02. The van der Waals surface area contributed by atoms with Crippen LogP contribution in [0.15, 0.2) is 54.6 Å². The highest BCUT2D eigenvalue weighted by atomic mass is 16.6. The molecule has 0 spiro atoms. The highest BCUT2D eigenvalue weighted by molar-refractivity contribution is 5.94. The van der Waals surface area contributed by atoms with E-state index in [-0.39, 0.29) is 18.9 Å². The van der Waals surface area contributed by atoms with E-state index >= 15 is 0 Å². The minimum Gasteiger partial charge on any atom is -0.458 e. The van der Waals surface area contributed by atoms with Gasteiger partial charge in [-0.05, 0) is 70.7 Å². The van der Waals surface area contributed by atoms with Gasteiger partial charge in [0.15, 0.2) is 0 Å². The molecule has 4 atom stereocenters. The summed E-state index contributed by atoms with van der Waals surface area (Å²) >= 11 is 0. The highest BCUT2D eigenvalue weighted by Gasteiger charge is 2.39. The van der Waals surface area contributed by atoms with Crippen LogP contribution in [0.25, 0.3) is 0 Å². The number of carbonyl (C=O) groups excluding carboxylic acids is 4. The molecule has 10 nitrogen and oxygen atoms in total. The second-order valence-electron chi connectivity index (χ2n) is 13.2. The van der Waals surface area contributed by atoms with Crippen molar-refractivity contribution in [3.8, 4) is 12.3 Å². The van der Waals surface area contributed by atoms with Crippen LogP contribution in [0.4, 0.5) is 4.79 Å². The molecule has 10 heteroatoms. The summed E-state index contributed by atoms with van der Waals surface area (Å²) in [6, 6.07) is 12.2. The minimum absolute atomic E-state index is 0.133. The third kappa shape index (κ3) is 11.9. The summed E-state index contributed by atoms with van der Waals surface area (Å²) in [4.78, 5) is 56.1. The maximum atomic E-state index is 14.3. The smallest absolute Gasteiger partial charge is 0.408 e. The van der Waals surface area contributed by atoms with Crippen LogP contribution in [0, 0.1) is 18.3 Å². The molecule has 0 aliphatic carbocycles. The van der Waals surface area contributed by atoms with Crippen LogP contribution < -0.4 is 10.6 Å². The fraction of sp³-hybridized carbons (Fsp3) is 0.500. The number of esters is 1. The molecule has 0 aliphatic rings. The molecule has 250 valence electrons. The number of rotatable bonds is 13. The molecule has 2 aromatic rings. The number of benzene rings is 2. The van der Waals surface area contributed by atoms with Gasteiger partial charge in [0.05, 0.1) is 6.61 Å². The predicted octanol–water partition coefficient (Wildman–Crippen LogP) is 4.54. The first kappa shape index (κ1) is 37.8. The monoisotopic (exact) mass is 635 g/mol. The molecule has 4 unspecified atom stereocenters. The van der Waals surface area contributed by atoms with Crippen molar-refractivity contribution in [2.45, 2.75) is 97.6 Å². The number of ether oxygens (including phenoxy) is 2. The number of aliphatic hydroxyl groups excluding tert-OH is 1. The molecule has 0 bridgehead atoms. The Balaban J connectivity index is 2.61. The van der Waals surface area contributed by atoms with Crippen molar-refractivity contribution in [3.05, 3.63) is 71.3 Å². The normalized spacial score (nSPS) is 14.1. The number of nitrogens with one attached hydrogen (secondary N) is 2. The number of aliphatic hydroxyl groups is 1. The molecule has 0 saturated heterocycles. The SMILES string of the molecule is C#Cc1ccc(C(C(=O)NC(Cc2ccccc2)C(=O)OC(C)(C)C)N(CCO)C(=O)C(NC(=O)OC(C)(C)C)C(C)CC)cc1. The Morgan fingerprint density at radius 1 is 0.913 bits per heavy atom. The largest absolute Gasteiger partial charge is 0.458 e. The Morgan fingerprint density at radius 2 is 1.50 bits per heavy atom. The van der Waals surface area contributed by atoms with E-state index in [0.717, 1.165) is 5.56 Å². The first-order valence-corrected chi connectivity index (χ1v) is 15.5. The molecule has 0 radical (unpaired) electrons. The predicted molar refractivity (Wildman–Crippen MR) is 176 cm³/mol. The lowest BCUT2D eigenvalue weighted by Gasteiger charge is -2.36. The molecule has 0 aliphatic heterocycles. The van der Waals surface area contributed by atoms with E-state index in [0.29, 0.717) is 17.5 Å². The van der Waals surface area contributed by atoms with Gasteiger partial charge in [-0.3, -0.25) is 9.59 Å². The average Bonchev–Trinajstić information content (AvgIpc) is 2.97. The molecule has 0 saturated carbocycles. The van der Waals surface area contributed by atoms with Crippen molar-refractivity contribution >= 4 is 23.9 Å². The van der Waals surface area contributed by atoms with Crippen molar-refractivity contribution in [2.75, 3.05) is 13.2 Å². The summed E-state index contributed by atoms with van der Waals surface area (Å²) in [5.74, 6) is 0.247. The lowest BCUT2D eigenvalue weighted by Crippen LogP contribution is -2.57. The van der Waals surface area contributed by atoms with Gasteiger partial charge in [-0.15, -0.1) is 6.42 Å². The average molecular weight is 636 g/mol. The van der Waals surface area contributed by atoms with Crippen LogP contribution in [0.1, 0.15) is 84.5 Å². The summed E-state index contributed by atoms with van der Waals surface area (Å²) in [5, 5.41) is 15.6. The van der Waals surface area contributed by atoms with E-state index in [1.54, 1.807) is 72.7 Å². The molecule has 2 aromatic carbocycles. The maximum absolute atomic E-state index is 14.3. The number of nitrogens with zero attached hydrogens (tertiary/aromatic N) is 1. The summed E-state index contributed by atoms with van der Waals surface area (Å²) in [6.45, 7) is 13.3. The van der Waals surface area contributed by atoms with Crippen LogP contribution >= 0.6 is 0 Å². The Hall–Kier alpha value is -4.36. The van der Waals surface area contributed by atoms with Gasteiger partial charge in [0.2, 0.25) is 11.8 Å². The molecule has 3 amide bonds. The molecular weight excluding hydrogens is 586 g/mol. The maximum Gasteiger partial charge on any atom is 0.408 e. The van der Waals surface area contributed by atoms with E-state index in [1.807, 2.05) is 37.3 Å². The van der Waals surface area contributed by atoms with Gasteiger partial charge < -0.3 is 30.1 Å². The Bertz CT molecular complexity index is 1360. The molecule has 0 heterocycles. The van der Waals surface area contributed by atoms with Gasteiger partial charge >= 0.3 is 12.1 Å². The molecule has 3 N–H and O–H groups in total. The van der Waals surface area contributed by atoms with Crippen LogP contribution in [0.3, 0.4) is 0 Å². The van der Waals surface area contributed by atoms with Crippen molar-refractivity contribution in [1.82, 2.24) is 15.5 Å². The standard InChI is InChI=1S/C36H49N3O7/c1-10-24(3)29(38-34(44)46-36(7,8)9)32(42)39(21-22-40)30(27-19-17-25(11-2)18-20-27)31(41)37-28(33(43)45-35(4,5)6)23-26-15-13-12-14-16-26/h2,12-20,24,28-30,40H,10,21-23H2,1,3-9H3,(H,37,41)(H,38,44). The fourth-order valence-corrected chi connectivity index (χ4v) is 4.67. The van der Waals surface area contributed by atoms with Gasteiger partial charge in [0.25, 0.3) is 0 Å². The molecule has 0 fully saturated rings. The summed E-state index contributed by atoms with van der Waals surface area (Å²) in [7, 11) is 0. The van der Waals surface area contributed by atoms with Gasteiger partial charge in [-0.2, -0.15) is 0 Å². The lowest BCUT2D eigenvalue weighted by atomic mass is 9.95. The van der Waals surface area contributed by atoms with Crippen LogP contribution in [-0.4, -0.2) is 70.3 Å². The Kier molecular flexibility index (Phi) is 13.8. The number of amides is 3. The van der Waals surface area contributed by atoms with E-state index in [1.165, 1.54) is 4.90 Å². The van der Waals surface area contributed by atoms with Crippen molar-refractivity contribution in [3.63, 3.8) is 0 Å². The second-order valence-corrected chi connectivity index (χ2v) is 13.2. The van der Waals surface area contributed by atoms with Crippen molar-refractivity contribution < 1.29 is 33.8 Å². The lowest BCUT2D eigenvalue weighted by molar-refractivity contribution is -0.159.